The molecule has 0 radical (unpaired) electrons. The number of rotatable bonds is 1. The van der Waals surface area contributed by atoms with Crippen molar-refractivity contribution in [3.8, 4) is 5.75 Å². The second kappa shape index (κ2) is 3.72. The number of piperidine rings is 1. The number of anilines is 1. The predicted molar refractivity (Wildman–Crippen MR) is 58.5 cm³/mol. The smallest absolute Gasteiger partial charge is 0.123 e. The Hall–Kier alpha value is -1.26. The molecule has 1 saturated heterocycles. The number of aromatic hydroxyl groups is 1. The third-order valence-corrected chi connectivity index (χ3v) is 2.90. The molecule has 4 nitrogen and oxygen atoms in total. The summed E-state index contributed by atoms with van der Waals surface area (Å²) >= 11 is 0. The molecule has 5 N–H and O–H groups in total. The molecule has 4 heteroatoms. The standard InChI is InChI=1S/C11H16N2O2/c12-8-3-1-4-9(14)10(8)11(15)5-2-6-13-7-11/h1,3-4,13-15H,2,5-7,12H2. The molecule has 1 aromatic rings. The largest absolute Gasteiger partial charge is 0.507 e. The van der Waals surface area contributed by atoms with Crippen molar-refractivity contribution in [1.82, 2.24) is 5.32 Å². The number of aliphatic hydroxyl groups is 1. The van der Waals surface area contributed by atoms with Gasteiger partial charge in [-0.2, -0.15) is 0 Å². The molecular formula is C11H16N2O2. The van der Waals surface area contributed by atoms with Crippen molar-refractivity contribution in [2.45, 2.75) is 18.4 Å². The SMILES string of the molecule is Nc1cccc(O)c1C1(O)CCCNC1. The van der Waals surface area contributed by atoms with Crippen molar-refractivity contribution in [2.75, 3.05) is 18.8 Å². The second-order valence-electron chi connectivity index (χ2n) is 4.05. The van der Waals surface area contributed by atoms with Gasteiger partial charge in [-0.15, -0.1) is 0 Å². The van der Waals surface area contributed by atoms with Crippen LogP contribution in [0.1, 0.15) is 18.4 Å². The Morgan fingerprint density at radius 2 is 2.20 bits per heavy atom. The first-order valence-corrected chi connectivity index (χ1v) is 5.14. The first-order valence-electron chi connectivity index (χ1n) is 5.14. The molecule has 1 unspecified atom stereocenters. The van der Waals surface area contributed by atoms with Crippen LogP contribution in [0.5, 0.6) is 5.75 Å². The van der Waals surface area contributed by atoms with E-state index in [1.165, 1.54) is 0 Å². The zero-order chi connectivity index (χ0) is 10.9. The van der Waals surface area contributed by atoms with Gasteiger partial charge in [0.25, 0.3) is 0 Å². The molecule has 1 atom stereocenters. The highest BCUT2D eigenvalue weighted by Gasteiger charge is 2.35. The van der Waals surface area contributed by atoms with Crippen molar-refractivity contribution in [3.63, 3.8) is 0 Å². The monoisotopic (exact) mass is 208 g/mol. The summed E-state index contributed by atoms with van der Waals surface area (Å²) in [7, 11) is 0. The van der Waals surface area contributed by atoms with Gasteiger partial charge in [-0.05, 0) is 31.5 Å². The van der Waals surface area contributed by atoms with Crippen LogP contribution in [-0.4, -0.2) is 23.3 Å². The highest BCUT2D eigenvalue weighted by Crippen LogP contribution is 2.37. The second-order valence-corrected chi connectivity index (χ2v) is 4.05. The van der Waals surface area contributed by atoms with Crippen LogP contribution in [0.3, 0.4) is 0 Å². The fourth-order valence-corrected chi connectivity index (χ4v) is 2.17. The molecule has 1 fully saturated rings. The number of nitrogens with two attached hydrogens (primary N) is 1. The predicted octanol–water partition coefficient (Wildman–Crippen LogP) is 0.545. The molecule has 0 aromatic heterocycles. The van der Waals surface area contributed by atoms with E-state index in [-0.39, 0.29) is 5.75 Å². The van der Waals surface area contributed by atoms with Crippen LogP contribution in [0, 0.1) is 0 Å². The van der Waals surface area contributed by atoms with Gasteiger partial charge < -0.3 is 21.3 Å². The third-order valence-electron chi connectivity index (χ3n) is 2.90. The molecular weight excluding hydrogens is 192 g/mol. The Morgan fingerprint density at radius 1 is 1.40 bits per heavy atom. The van der Waals surface area contributed by atoms with Gasteiger partial charge >= 0.3 is 0 Å². The molecule has 0 saturated carbocycles. The summed E-state index contributed by atoms with van der Waals surface area (Å²) in [4.78, 5) is 0. The minimum atomic E-state index is -1.03. The average molecular weight is 208 g/mol. The van der Waals surface area contributed by atoms with Crippen molar-refractivity contribution < 1.29 is 10.2 Å². The van der Waals surface area contributed by atoms with E-state index in [1.54, 1.807) is 18.2 Å². The number of phenols is 1. The third kappa shape index (κ3) is 1.78. The van der Waals surface area contributed by atoms with Crippen LogP contribution in [0.4, 0.5) is 5.69 Å². The molecule has 1 aliphatic rings. The van der Waals surface area contributed by atoms with Gasteiger partial charge in [-0.3, -0.25) is 0 Å². The molecule has 0 amide bonds. The Morgan fingerprint density at radius 3 is 2.80 bits per heavy atom. The summed E-state index contributed by atoms with van der Waals surface area (Å²) in [5, 5.41) is 23.3. The molecule has 0 aliphatic carbocycles. The Balaban J connectivity index is 2.42. The molecule has 82 valence electrons. The minimum Gasteiger partial charge on any atom is -0.507 e. The highest BCUT2D eigenvalue weighted by atomic mass is 16.3. The maximum atomic E-state index is 10.4. The summed E-state index contributed by atoms with van der Waals surface area (Å²) < 4.78 is 0. The van der Waals surface area contributed by atoms with E-state index in [0.717, 1.165) is 13.0 Å². The summed E-state index contributed by atoms with van der Waals surface area (Å²) in [5.74, 6) is 0.0706. The maximum absolute atomic E-state index is 10.4. The van der Waals surface area contributed by atoms with Crippen LogP contribution < -0.4 is 11.1 Å². The fourth-order valence-electron chi connectivity index (χ4n) is 2.17. The van der Waals surface area contributed by atoms with Crippen molar-refractivity contribution in [2.24, 2.45) is 0 Å². The van der Waals surface area contributed by atoms with Gasteiger partial charge in [0.2, 0.25) is 0 Å². The Labute approximate surface area is 88.7 Å². The lowest BCUT2D eigenvalue weighted by Crippen LogP contribution is -2.43. The van der Waals surface area contributed by atoms with Gasteiger partial charge in [-0.1, -0.05) is 6.07 Å². The van der Waals surface area contributed by atoms with E-state index in [4.69, 9.17) is 5.73 Å². The zero-order valence-electron chi connectivity index (χ0n) is 8.53. The lowest BCUT2D eigenvalue weighted by Gasteiger charge is -2.34. The first kappa shape index (κ1) is 10.3. The molecule has 0 bridgehead atoms. The highest BCUT2D eigenvalue weighted by molar-refractivity contribution is 5.57. The van der Waals surface area contributed by atoms with Crippen LogP contribution in [0.2, 0.25) is 0 Å². The van der Waals surface area contributed by atoms with E-state index in [9.17, 15) is 10.2 Å². The topological polar surface area (TPSA) is 78.5 Å². The number of benzene rings is 1. The number of hydrogen-bond acceptors (Lipinski definition) is 4. The first-order chi connectivity index (χ1) is 7.13. The Bertz CT molecular complexity index is 339. The number of nitrogens with one attached hydrogen (secondary N) is 1. The molecule has 1 heterocycles. The van der Waals surface area contributed by atoms with E-state index in [1.807, 2.05) is 0 Å². The van der Waals surface area contributed by atoms with Gasteiger partial charge in [0.1, 0.15) is 11.4 Å². The number of hydrogen-bond donors (Lipinski definition) is 4. The van der Waals surface area contributed by atoms with E-state index < -0.39 is 5.60 Å². The van der Waals surface area contributed by atoms with Crippen molar-refractivity contribution >= 4 is 5.69 Å². The molecule has 15 heavy (non-hydrogen) atoms. The van der Waals surface area contributed by atoms with Crippen molar-refractivity contribution in [3.05, 3.63) is 23.8 Å². The van der Waals surface area contributed by atoms with Gasteiger partial charge in [-0.25, -0.2) is 0 Å². The van der Waals surface area contributed by atoms with Gasteiger partial charge in [0.05, 0.1) is 0 Å². The quantitative estimate of drug-likeness (QED) is 0.508. The van der Waals surface area contributed by atoms with E-state index in [0.29, 0.717) is 24.2 Å². The Kier molecular flexibility index (Phi) is 2.54. The average Bonchev–Trinajstić information content (AvgIpc) is 2.18. The minimum absolute atomic E-state index is 0.0706. The number of nitrogen functional groups attached to an aromatic ring is 1. The van der Waals surface area contributed by atoms with Crippen LogP contribution >= 0.6 is 0 Å². The zero-order valence-corrected chi connectivity index (χ0v) is 8.53. The number of β-amino-alcohol motifs (C(OH)–C–C–N with tert-alkyl or cyclic N) is 1. The molecule has 0 spiro atoms. The fraction of sp³-hybridized carbons (Fsp3) is 0.455. The molecule has 1 aliphatic heterocycles. The maximum Gasteiger partial charge on any atom is 0.123 e. The summed E-state index contributed by atoms with van der Waals surface area (Å²) in [6.07, 6.45) is 1.51. The van der Waals surface area contributed by atoms with Crippen LogP contribution in [0.25, 0.3) is 0 Å². The molecule has 2 rings (SSSR count). The van der Waals surface area contributed by atoms with Crippen LogP contribution in [-0.2, 0) is 5.60 Å². The van der Waals surface area contributed by atoms with Gasteiger partial charge in [0, 0.05) is 17.8 Å². The van der Waals surface area contributed by atoms with E-state index in [2.05, 4.69) is 5.32 Å². The molecule has 1 aromatic carbocycles. The van der Waals surface area contributed by atoms with Crippen molar-refractivity contribution in [1.29, 1.82) is 0 Å². The number of phenolic OH excluding ortho intramolecular Hbond substituents is 1. The normalized spacial score (nSPS) is 26.5. The summed E-state index contributed by atoms with van der Waals surface area (Å²) in [6.45, 7) is 1.34. The summed E-state index contributed by atoms with van der Waals surface area (Å²) in [6, 6.07) is 4.92. The lowest BCUT2D eigenvalue weighted by atomic mass is 9.85. The van der Waals surface area contributed by atoms with E-state index >= 15 is 0 Å². The van der Waals surface area contributed by atoms with Gasteiger partial charge in [0.15, 0.2) is 0 Å². The lowest BCUT2D eigenvalue weighted by molar-refractivity contribution is 0.0111. The summed E-state index contributed by atoms with van der Waals surface area (Å²) in [5.41, 5.74) is 5.66. The van der Waals surface area contributed by atoms with Crippen LogP contribution in [0.15, 0.2) is 18.2 Å².